The summed E-state index contributed by atoms with van der Waals surface area (Å²) in [5.41, 5.74) is 9.04. The van der Waals surface area contributed by atoms with Crippen molar-refractivity contribution in [2.24, 2.45) is 23.0 Å². The summed E-state index contributed by atoms with van der Waals surface area (Å²) in [6, 6.07) is 23.2. The molecule has 4 aromatic carbocycles. The number of amides is 9. The average molecular weight is 1210 g/mol. The first-order valence-electron chi connectivity index (χ1n) is 29.7. The third-order valence-electron chi connectivity index (χ3n) is 15.2. The highest BCUT2D eigenvalue weighted by Gasteiger charge is 2.42. The molecular weight excluding hydrogens is 1120 g/mol. The van der Waals surface area contributed by atoms with Gasteiger partial charge in [-0.15, -0.1) is 0 Å². The molecule has 88 heavy (non-hydrogen) atoms. The molecule has 21 nitrogen and oxygen atoms in total. The molecule has 5 atom stereocenters. The maximum Gasteiger partial charge on any atom is 0.411 e. The number of nitrogens with one attached hydrogen (secondary N) is 7. The van der Waals surface area contributed by atoms with E-state index in [0.717, 1.165) is 11.1 Å². The van der Waals surface area contributed by atoms with Gasteiger partial charge in [0.05, 0.1) is 30.9 Å². The number of nitrogens with zero attached hydrogens (tertiary/aromatic N) is 2. The molecule has 5 rings (SSSR count). The maximum atomic E-state index is 14.3. The molecule has 0 saturated carbocycles. The van der Waals surface area contributed by atoms with Crippen molar-refractivity contribution < 1.29 is 52.6 Å². The SMILES string of the molecule is CCOC(=O)/C(C)=C/[C@H](C(C)C)N(C)C(=O)[C@@H](NC(=O)C(NC)C(C)(C)c1cccc(NC(=O)OCc2ccc(NC(=O)[C@H](CCCNC(N)=O)NC(=O)[C@@H](NC(=O)CCC(=O)N3Cc4ccccc4C#Cc4ccccc43)C(C)C)cc2)c1)C(C)(C)C. The predicted molar refractivity (Wildman–Crippen MR) is 339 cm³/mol. The second-order valence-electron chi connectivity index (χ2n) is 24.2. The van der Waals surface area contributed by atoms with Crippen molar-refractivity contribution in [2.75, 3.05) is 42.8 Å². The fraction of sp³-hybridized carbons (Fsp3) is 0.448. The summed E-state index contributed by atoms with van der Waals surface area (Å²) in [5.74, 6) is 2.60. The van der Waals surface area contributed by atoms with Crippen molar-refractivity contribution in [1.82, 2.24) is 31.5 Å². The molecule has 4 aromatic rings. The summed E-state index contributed by atoms with van der Waals surface area (Å²) in [6.45, 7) is 20.6. The van der Waals surface area contributed by atoms with Crippen LogP contribution in [-0.4, -0.2) is 116 Å². The van der Waals surface area contributed by atoms with Crippen molar-refractivity contribution in [3.63, 3.8) is 0 Å². The van der Waals surface area contributed by atoms with Crippen molar-refractivity contribution in [3.8, 4) is 11.8 Å². The number of primary amides is 1. The average Bonchev–Trinajstić information content (AvgIpc) is 1.14. The molecule has 1 aliphatic heterocycles. The zero-order valence-corrected chi connectivity index (χ0v) is 53.0. The number of urea groups is 1. The van der Waals surface area contributed by atoms with E-state index >= 15 is 0 Å². The van der Waals surface area contributed by atoms with Gasteiger partial charge in [-0.1, -0.05) is 135 Å². The summed E-state index contributed by atoms with van der Waals surface area (Å²) >= 11 is 0. The molecule has 0 aliphatic carbocycles. The van der Waals surface area contributed by atoms with Gasteiger partial charge in [0.2, 0.25) is 35.4 Å². The number of benzene rings is 4. The summed E-state index contributed by atoms with van der Waals surface area (Å²) in [7, 11) is 3.32. The lowest BCUT2D eigenvalue weighted by molar-refractivity contribution is -0.141. The largest absolute Gasteiger partial charge is 0.463 e. The second kappa shape index (κ2) is 32.1. The molecular formula is C67H88N10O11. The second-order valence-corrected chi connectivity index (χ2v) is 24.2. The minimum atomic E-state index is -1.12. The number of hydrogen-bond acceptors (Lipinski definition) is 12. The first kappa shape index (κ1) is 69.7. The third kappa shape index (κ3) is 19.8. The highest BCUT2D eigenvalue weighted by Crippen LogP contribution is 2.32. The monoisotopic (exact) mass is 1210 g/mol. The Bertz CT molecular complexity index is 3250. The van der Waals surface area contributed by atoms with Crippen molar-refractivity contribution in [1.29, 1.82) is 0 Å². The van der Waals surface area contributed by atoms with Gasteiger partial charge in [-0.3, -0.25) is 34.1 Å². The van der Waals surface area contributed by atoms with E-state index in [2.05, 4.69) is 49.1 Å². The molecule has 1 heterocycles. The van der Waals surface area contributed by atoms with Crippen LogP contribution in [0.3, 0.4) is 0 Å². The van der Waals surface area contributed by atoms with Crippen molar-refractivity contribution in [2.45, 2.75) is 151 Å². The summed E-state index contributed by atoms with van der Waals surface area (Å²) in [4.78, 5) is 124. The molecule has 21 heteroatoms. The fourth-order valence-electron chi connectivity index (χ4n) is 10.1. The zero-order chi connectivity index (χ0) is 65.0. The number of nitrogens with two attached hydrogens (primary N) is 1. The quantitative estimate of drug-likeness (QED) is 0.0124. The Hall–Kier alpha value is -9.03. The van der Waals surface area contributed by atoms with Crippen LogP contribution in [0.5, 0.6) is 0 Å². The minimum Gasteiger partial charge on any atom is -0.463 e. The van der Waals surface area contributed by atoms with E-state index in [9.17, 15) is 43.2 Å². The Morgan fingerprint density at radius 2 is 1.39 bits per heavy atom. The van der Waals surface area contributed by atoms with Crippen LogP contribution in [0.25, 0.3) is 0 Å². The van der Waals surface area contributed by atoms with Gasteiger partial charge in [0, 0.05) is 59.9 Å². The van der Waals surface area contributed by atoms with Crippen LogP contribution in [0.15, 0.2) is 109 Å². The molecule has 9 amide bonds. The Morgan fingerprint density at radius 3 is 2.02 bits per heavy atom. The number of carbonyl (C=O) groups excluding carboxylic acids is 9. The maximum absolute atomic E-state index is 14.3. The summed E-state index contributed by atoms with van der Waals surface area (Å²) < 4.78 is 10.7. The highest BCUT2D eigenvalue weighted by molar-refractivity contribution is 6.00. The molecule has 0 fully saturated rings. The summed E-state index contributed by atoms with van der Waals surface area (Å²) in [6.07, 6.45) is 0.936. The number of anilines is 3. The van der Waals surface area contributed by atoms with Crippen LogP contribution >= 0.6 is 0 Å². The molecule has 9 N–H and O–H groups in total. The number of hydrogen-bond donors (Lipinski definition) is 8. The van der Waals surface area contributed by atoms with Gasteiger partial charge < -0.3 is 56.9 Å². The van der Waals surface area contributed by atoms with E-state index in [1.165, 1.54) is 0 Å². The number of para-hydroxylation sites is 1. The van der Waals surface area contributed by atoms with Crippen LogP contribution in [0.2, 0.25) is 0 Å². The number of ether oxygens (including phenoxy) is 2. The van der Waals surface area contributed by atoms with Crippen LogP contribution in [-0.2, 0) is 61.6 Å². The predicted octanol–water partition coefficient (Wildman–Crippen LogP) is 7.56. The van der Waals surface area contributed by atoms with E-state index in [4.69, 9.17) is 15.2 Å². The Labute approximate surface area is 517 Å². The van der Waals surface area contributed by atoms with Crippen LogP contribution in [0, 0.1) is 29.1 Å². The smallest absolute Gasteiger partial charge is 0.411 e. The van der Waals surface area contributed by atoms with E-state index in [0.29, 0.717) is 39.3 Å². The van der Waals surface area contributed by atoms with Crippen LogP contribution in [0.1, 0.15) is 130 Å². The lowest BCUT2D eigenvalue weighted by atomic mass is 9.76. The molecule has 0 bridgehead atoms. The van der Waals surface area contributed by atoms with E-state index in [1.807, 2.05) is 103 Å². The standard InChI is InChI=1S/C67H88N10O11/c1-14-87-63(84)43(6)37-53(41(2)3)76(13)62(83)58(66(7,8)9)75-61(82)57(69-12)67(10,11)48-24-19-25-50(38-48)72-65(86)88-40-44-28-32-49(33-29-44)71-59(80)51(26-20-36-70-64(68)85)73-60(81)56(42(4)5)74-54(78)34-35-55(79)77-39-47-23-16-15-21-45(47)30-31-46-22-17-18-27-52(46)77/h15-19,21-25,27-29,32-33,37-38,41-42,51,53,56-58,69H,14,20,26,34-36,39-40H2,1-13H3,(H,71,80)(H,72,86)(H,73,81)(H,74,78)(H,75,82)(H3,68,70,85)/b43-37+/t51-,53+,56-,57?,58+/m0/s1. The number of fused-ring (bicyclic) bond motifs is 2. The molecule has 0 radical (unpaired) electrons. The molecule has 0 saturated heterocycles. The number of esters is 1. The van der Waals surface area contributed by atoms with Crippen molar-refractivity contribution >= 4 is 70.6 Å². The molecule has 1 unspecified atom stereocenters. The van der Waals surface area contributed by atoms with Gasteiger partial charge in [-0.25, -0.2) is 14.4 Å². The van der Waals surface area contributed by atoms with Gasteiger partial charge in [-0.2, -0.15) is 0 Å². The zero-order valence-electron chi connectivity index (χ0n) is 53.0. The normalized spacial score (nSPS) is 13.9. The summed E-state index contributed by atoms with van der Waals surface area (Å²) in [5, 5.41) is 19.8. The molecule has 0 aromatic heterocycles. The van der Waals surface area contributed by atoms with Gasteiger partial charge in [0.1, 0.15) is 24.7 Å². The minimum absolute atomic E-state index is 0.0708. The molecule has 1 aliphatic rings. The molecule has 0 spiro atoms. The number of rotatable bonds is 27. The highest BCUT2D eigenvalue weighted by atomic mass is 16.5. The van der Waals surface area contributed by atoms with Crippen LogP contribution < -0.4 is 47.9 Å². The van der Waals surface area contributed by atoms with Gasteiger partial charge in [0.15, 0.2) is 0 Å². The number of carbonyl (C=O) groups is 9. The van der Waals surface area contributed by atoms with Crippen LogP contribution in [0.4, 0.5) is 26.7 Å². The third-order valence-corrected chi connectivity index (χ3v) is 15.2. The van der Waals surface area contributed by atoms with Crippen molar-refractivity contribution in [3.05, 3.63) is 137 Å². The Kier molecular flexibility index (Phi) is 25.4. The van der Waals surface area contributed by atoms with E-state index in [-0.39, 0.29) is 69.7 Å². The Balaban J connectivity index is 1.18. The lowest BCUT2D eigenvalue weighted by Crippen LogP contribution is -2.61. The van der Waals surface area contributed by atoms with E-state index < -0.39 is 88.7 Å². The van der Waals surface area contributed by atoms with E-state index in [1.54, 1.807) is 100 Å². The topological polar surface area (TPSA) is 289 Å². The fourth-order valence-corrected chi connectivity index (χ4v) is 10.1. The van der Waals surface area contributed by atoms with Gasteiger partial charge in [0.25, 0.3) is 0 Å². The first-order chi connectivity index (χ1) is 41.5. The number of likely N-dealkylation sites (N-methyl/N-ethyl adjacent to an activating group) is 2. The molecule has 472 valence electrons. The first-order valence-corrected chi connectivity index (χ1v) is 29.7. The lowest BCUT2D eigenvalue weighted by Gasteiger charge is -2.40. The van der Waals surface area contributed by atoms with Gasteiger partial charge in [-0.05, 0) is 110 Å². The Morgan fingerprint density at radius 1 is 0.727 bits per heavy atom. The van der Waals surface area contributed by atoms with Gasteiger partial charge >= 0.3 is 18.1 Å².